The van der Waals surface area contributed by atoms with Crippen molar-refractivity contribution in [1.29, 1.82) is 0 Å². The van der Waals surface area contributed by atoms with Crippen LogP contribution in [0.25, 0.3) is 0 Å². The van der Waals surface area contributed by atoms with Gasteiger partial charge in [0.25, 0.3) is 0 Å². The lowest BCUT2D eigenvalue weighted by Gasteiger charge is -2.32. The second-order valence-electron chi connectivity index (χ2n) is 7.56. The molecule has 3 saturated heterocycles. The molecule has 3 heterocycles. The molecule has 0 aliphatic carbocycles. The summed E-state index contributed by atoms with van der Waals surface area (Å²) in [5.74, 6) is 1.10. The maximum Gasteiger partial charge on any atom is 0.194 e. The Morgan fingerprint density at radius 2 is 2.04 bits per heavy atom. The zero-order chi connectivity index (χ0) is 18.2. The van der Waals surface area contributed by atoms with E-state index in [0.717, 1.165) is 71.6 Å². The van der Waals surface area contributed by atoms with Gasteiger partial charge < -0.3 is 19.7 Å². The van der Waals surface area contributed by atoms with E-state index in [1.54, 1.807) is 7.11 Å². The van der Waals surface area contributed by atoms with Crippen LogP contribution >= 0.6 is 0 Å². The molecule has 2 atom stereocenters. The fraction of sp³-hybridized carbons (Fsp3) is 0.947. The zero-order valence-electron chi connectivity index (χ0n) is 16.7. The smallest absolute Gasteiger partial charge is 0.194 e. The molecule has 1 N–H and O–H groups in total. The highest BCUT2D eigenvalue weighted by Gasteiger charge is 2.30. The van der Waals surface area contributed by atoms with Gasteiger partial charge in [-0.15, -0.1) is 0 Å². The minimum Gasteiger partial charge on any atom is -0.383 e. The molecule has 3 aliphatic rings. The summed E-state index contributed by atoms with van der Waals surface area (Å²) in [5.41, 5.74) is 0. The van der Waals surface area contributed by atoms with Gasteiger partial charge in [-0.3, -0.25) is 14.8 Å². The molecular weight excluding hydrogens is 330 g/mol. The normalized spacial score (nSPS) is 28.8. The van der Waals surface area contributed by atoms with E-state index in [0.29, 0.717) is 12.1 Å². The van der Waals surface area contributed by atoms with Crippen LogP contribution in [-0.4, -0.2) is 112 Å². The lowest BCUT2D eigenvalue weighted by molar-refractivity contribution is 0.0195. The fourth-order valence-electron chi connectivity index (χ4n) is 4.40. The Labute approximate surface area is 158 Å². The molecule has 3 aliphatic heterocycles. The van der Waals surface area contributed by atoms with E-state index in [1.807, 2.05) is 0 Å². The minimum atomic E-state index is 0.566. The molecule has 3 rings (SSSR count). The number of rotatable bonds is 7. The van der Waals surface area contributed by atoms with Crippen LogP contribution in [0.2, 0.25) is 0 Å². The Morgan fingerprint density at radius 3 is 2.81 bits per heavy atom. The predicted molar refractivity (Wildman–Crippen MR) is 105 cm³/mol. The third-order valence-corrected chi connectivity index (χ3v) is 5.89. The Bertz CT molecular complexity index is 442. The molecule has 0 aromatic carbocycles. The van der Waals surface area contributed by atoms with Crippen molar-refractivity contribution in [2.45, 2.75) is 38.3 Å². The molecule has 150 valence electrons. The monoisotopic (exact) mass is 367 g/mol. The number of aliphatic imine (C=N–C) groups is 1. The van der Waals surface area contributed by atoms with Crippen LogP contribution in [0.15, 0.2) is 4.99 Å². The van der Waals surface area contributed by atoms with Gasteiger partial charge in [0.15, 0.2) is 5.96 Å². The first kappa shape index (κ1) is 19.9. The molecule has 0 bridgehead atoms. The summed E-state index contributed by atoms with van der Waals surface area (Å²) in [7, 11) is 1.78. The topological polar surface area (TPSA) is 52.6 Å². The molecule has 7 nitrogen and oxygen atoms in total. The van der Waals surface area contributed by atoms with Crippen molar-refractivity contribution >= 4 is 5.96 Å². The number of morpholine rings is 1. The summed E-state index contributed by atoms with van der Waals surface area (Å²) in [5, 5.41) is 3.52. The molecular formula is C19H37N5O2. The number of likely N-dealkylation sites (tertiary alicyclic amines) is 2. The number of methoxy groups -OCH3 is 1. The summed E-state index contributed by atoms with van der Waals surface area (Å²) in [6.45, 7) is 13.1. The van der Waals surface area contributed by atoms with Gasteiger partial charge in [0.2, 0.25) is 0 Å². The summed E-state index contributed by atoms with van der Waals surface area (Å²) in [6.07, 6.45) is 3.76. The summed E-state index contributed by atoms with van der Waals surface area (Å²) in [4.78, 5) is 12.6. The highest BCUT2D eigenvalue weighted by molar-refractivity contribution is 5.80. The van der Waals surface area contributed by atoms with Crippen molar-refractivity contribution in [2.24, 2.45) is 4.99 Å². The third-order valence-electron chi connectivity index (χ3n) is 5.89. The van der Waals surface area contributed by atoms with Gasteiger partial charge in [-0.25, -0.2) is 0 Å². The van der Waals surface area contributed by atoms with Gasteiger partial charge >= 0.3 is 0 Å². The Morgan fingerprint density at radius 1 is 1.19 bits per heavy atom. The van der Waals surface area contributed by atoms with Crippen LogP contribution in [0.3, 0.4) is 0 Å². The maximum absolute atomic E-state index is 5.50. The maximum atomic E-state index is 5.50. The standard InChI is InChI=1S/C19H37N5O2/c1-3-20-19(21-15-17-5-4-7-22(17)9-12-25-2)24-8-6-18(16-24)23-10-13-26-14-11-23/h17-18H,3-16H2,1-2H3,(H,20,21). The molecule has 0 aromatic heterocycles. The number of hydrogen-bond donors (Lipinski definition) is 1. The number of ether oxygens (including phenoxy) is 2. The second kappa shape index (κ2) is 10.4. The number of hydrogen-bond acceptors (Lipinski definition) is 5. The lowest BCUT2D eigenvalue weighted by atomic mass is 10.2. The van der Waals surface area contributed by atoms with E-state index in [9.17, 15) is 0 Å². The van der Waals surface area contributed by atoms with Crippen molar-refractivity contribution < 1.29 is 9.47 Å². The first-order chi connectivity index (χ1) is 12.8. The van der Waals surface area contributed by atoms with Crippen LogP contribution in [-0.2, 0) is 9.47 Å². The Kier molecular flexibility index (Phi) is 7.98. The average Bonchev–Trinajstić information content (AvgIpc) is 3.34. The highest BCUT2D eigenvalue weighted by atomic mass is 16.5. The van der Waals surface area contributed by atoms with Gasteiger partial charge in [0.1, 0.15) is 0 Å². The molecule has 26 heavy (non-hydrogen) atoms. The molecule has 2 unspecified atom stereocenters. The number of guanidine groups is 1. The minimum absolute atomic E-state index is 0.566. The molecule has 0 aromatic rings. The van der Waals surface area contributed by atoms with Gasteiger partial charge in [-0.05, 0) is 32.7 Å². The van der Waals surface area contributed by atoms with E-state index in [4.69, 9.17) is 14.5 Å². The average molecular weight is 368 g/mol. The summed E-state index contributed by atoms with van der Waals surface area (Å²) >= 11 is 0. The van der Waals surface area contributed by atoms with Crippen LogP contribution in [0, 0.1) is 0 Å². The van der Waals surface area contributed by atoms with Crippen molar-refractivity contribution in [2.75, 3.05) is 79.3 Å². The molecule has 3 fully saturated rings. The first-order valence-electron chi connectivity index (χ1n) is 10.4. The molecule has 0 saturated carbocycles. The van der Waals surface area contributed by atoms with Crippen LogP contribution in [0.5, 0.6) is 0 Å². The first-order valence-corrected chi connectivity index (χ1v) is 10.4. The Hall–Kier alpha value is -0.890. The fourth-order valence-corrected chi connectivity index (χ4v) is 4.40. The third kappa shape index (κ3) is 5.31. The second-order valence-corrected chi connectivity index (χ2v) is 7.56. The van der Waals surface area contributed by atoms with Crippen molar-refractivity contribution in [1.82, 2.24) is 20.0 Å². The van der Waals surface area contributed by atoms with Gasteiger partial charge in [0, 0.05) is 58.5 Å². The van der Waals surface area contributed by atoms with Crippen molar-refractivity contribution in [3.05, 3.63) is 0 Å². The number of nitrogens with one attached hydrogen (secondary N) is 1. The summed E-state index contributed by atoms with van der Waals surface area (Å²) in [6, 6.07) is 1.21. The molecule has 0 amide bonds. The van der Waals surface area contributed by atoms with E-state index in [1.165, 1.54) is 25.8 Å². The Balaban J connectivity index is 1.53. The van der Waals surface area contributed by atoms with Gasteiger partial charge in [0.05, 0.1) is 26.4 Å². The molecule has 0 radical (unpaired) electrons. The lowest BCUT2D eigenvalue weighted by Crippen LogP contribution is -2.47. The predicted octanol–water partition coefficient (Wildman–Crippen LogP) is 0.469. The van der Waals surface area contributed by atoms with Crippen LogP contribution in [0.1, 0.15) is 26.2 Å². The highest BCUT2D eigenvalue weighted by Crippen LogP contribution is 2.19. The van der Waals surface area contributed by atoms with E-state index in [-0.39, 0.29) is 0 Å². The van der Waals surface area contributed by atoms with Crippen molar-refractivity contribution in [3.63, 3.8) is 0 Å². The summed E-state index contributed by atoms with van der Waals surface area (Å²) < 4.78 is 10.8. The number of nitrogens with zero attached hydrogens (tertiary/aromatic N) is 4. The van der Waals surface area contributed by atoms with Crippen LogP contribution in [0.4, 0.5) is 0 Å². The van der Waals surface area contributed by atoms with Gasteiger partial charge in [-0.1, -0.05) is 0 Å². The van der Waals surface area contributed by atoms with Crippen molar-refractivity contribution in [3.8, 4) is 0 Å². The van der Waals surface area contributed by atoms with Gasteiger partial charge in [-0.2, -0.15) is 0 Å². The largest absolute Gasteiger partial charge is 0.383 e. The van der Waals surface area contributed by atoms with E-state index >= 15 is 0 Å². The van der Waals surface area contributed by atoms with Crippen LogP contribution < -0.4 is 5.32 Å². The SMILES string of the molecule is CCNC(=NCC1CCCN1CCOC)N1CCC(N2CCOCC2)C1. The zero-order valence-corrected chi connectivity index (χ0v) is 16.7. The molecule has 0 spiro atoms. The molecule has 7 heteroatoms. The quantitative estimate of drug-likeness (QED) is 0.522. The van der Waals surface area contributed by atoms with E-state index < -0.39 is 0 Å². The van der Waals surface area contributed by atoms with E-state index in [2.05, 4.69) is 26.9 Å².